The number of amides is 1. The zero-order valence-electron chi connectivity index (χ0n) is 10.7. The zero-order chi connectivity index (χ0) is 13.8. The van der Waals surface area contributed by atoms with Gasteiger partial charge in [-0.25, -0.2) is 0 Å². The van der Waals surface area contributed by atoms with E-state index in [1.165, 1.54) is 0 Å². The maximum absolute atomic E-state index is 12.1. The summed E-state index contributed by atoms with van der Waals surface area (Å²) in [6.07, 6.45) is 0. The van der Waals surface area contributed by atoms with Crippen LogP contribution in [0.5, 0.6) is 0 Å². The van der Waals surface area contributed by atoms with Crippen molar-refractivity contribution >= 4 is 29.0 Å². The third-order valence-corrected chi connectivity index (χ3v) is 3.46. The van der Waals surface area contributed by atoms with Crippen molar-refractivity contribution in [3.63, 3.8) is 0 Å². The molecule has 1 heterocycles. The number of nitrogens with one attached hydrogen (secondary N) is 1. The molecule has 0 fully saturated rings. The van der Waals surface area contributed by atoms with Crippen LogP contribution < -0.4 is 5.32 Å². The first-order valence-corrected chi connectivity index (χ1v) is 7.09. The van der Waals surface area contributed by atoms with E-state index in [9.17, 15) is 4.79 Å². The largest absolute Gasteiger partial charge is 0.351 e. The minimum absolute atomic E-state index is 0.131. The highest BCUT2D eigenvalue weighted by Gasteiger charge is 2.17. The summed E-state index contributed by atoms with van der Waals surface area (Å²) in [7, 11) is 0. The lowest BCUT2D eigenvalue weighted by atomic mass is 10.1. The summed E-state index contributed by atoms with van der Waals surface area (Å²) in [5, 5.41) is 7.55. The van der Waals surface area contributed by atoms with Crippen LogP contribution in [0.15, 0.2) is 24.3 Å². The fourth-order valence-electron chi connectivity index (χ4n) is 1.51. The molecule has 1 aromatic heterocycles. The normalized spacial score (nSPS) is 10.7. The van der Waals surface area contributed by atoms with Crippen LogP contribution in [-0.2, 0) is 0 Å². The van der Waals surface area contributed by atoms with Crippen LogP contribution in [0.25, 0.3) is 11.3 Å². The monoisotopic (exact) mass is 295 g/mol. The summed E-state index contributed by atoms with van der Waals surface area (Å²) in [6, 6.07) is 7.20. The van der Waals surface area contributed by atoms with E-state index < -0.39 is 0 Å². The minimum Gasteiger partial charge on any atom is -0.351 e. The first-order valence-electron chi connectivity index (χ1n) is 5.94. The van der Waals surface area contributed by atoms with Gasteiger partial charge in [-0.15, -0.1) is 5.10 Å². The van der Waals surface area contributed by atoms with Crippen molar-refractivity contribution in [3.05, 3.63) is 34.2 Å². The van der Waals surface area contributed by atoms with Crippen molar-refractivity contribution in [1.29, 1.82) is 0 Å². The van der Waals surface area contributed by atoms with Gasteiger partial charge >= 0.3 is 0 Å². The van der Waals surface area contributed by atoms with Gasteiger partial charge in [-0.1, -0.05) is 42.1 Å². The van der Waals surface area contributed by atoms with Gasteiger partial charge in [0.05, 0.1) is 0 Å². The summed E-state index contributed by atoms with van der Waals surface area (Å²) in [4.78, 5) is 12.6. The van der Waals surface area contributed by atoms with Gasteiger partial charge in [0.25, 0.3) is 5.91 Å². The number of benzene rings is 1. The highest BCUT2D eigenvalue weighted by atomic mass is 35.5. The Morgan fingerprint density at radius 3 is 2.68 bits per heavy atom. The van der Waals surface area contributed by atoms with Gasteiger partial charge in [0, 0.05) is 17.1 Å². The highest BCUT2D eigenvalue weighted by Crippen LogP contribution is 2.25. The van der Waals surface area contributed by atoms with Gasteiger partial charge in [0.2, 0.25) is 0 Å². The Morgan fingerprint density at radius 2 is 2.05 bits per heavy atom. The van der Waals surface area contributed by atoms with Crippen LogP contribution in [0.3, 0.4) is 0 Å². The van der Waals surface area contributed by atoms with E-state index >= 15 is 0 Å². The molecule has 4 nitrogen and oxygen atoms in total. The van der Waals surface area contributed by atoms with E-state index in [4.69, 9.17) is 11.6 Å². The topological polar surface area (TPSA) is 54.9 Å². The number of hydrogen-bond acceptors (Lipinski definition) is 4. The lowest BCUT2D eigenvalue weighted by molar-refractivity contribution is 0.0953. The summed E-state index contributed by atoms with van der Waals surface area (Å²) >= 11 is 6.95. The van der Waals surface area contributed by atoms with Gasteiger partial charge < -0.3 is 5.32 Å². The SMILES string of the molecule is CC(C)CNC(=O)c1snnc1-c1ccc(Cl)cc1. The Bertz CT molecular complexity index is 566. The molecule has 0 aliphatic heterocycles. The van der Waals surface area contributed by atoms with Gasteiger partial charge in [0.1, 0.15) is 10.6 Å². The predicted octanol–water partition coefficient (Wildman–Crippen LogP) is 3.24. The third-order valence-electron chi connectivity index (χ3n) is 2.48. The molecule has 0 aliphatic carbocycles. The maximum atomic E-state index is 12.1. The van der Waals surface area contributed by atoms with E-state index in [0.29, 0.717) is 28.1 Å². The van der Waals surface area contributed by atoms with E-state index in [1.807, 2.05) is 26.0 Å². The summed E-state index contributed by atoms with van der Waals surface area (Å²) in [6.45, 7) is 4.73. The molecule has 1 N–H and O–H groups in total. The molecule has 2 rings (SSSR count). The predicted molar refractivity (Wildman–Crippen MR) is 77.5 cm³/mol. The maximum Gasteiger partial charge on any atom is 0.265 e. The molecular weight excluding hydrogens is 282 g/mol. The fraction of sp³-hybridized carbons (Fsp3) is 0.308. The molecule has 0 radical (unpaired) electrons. The summed E-state index contributed by atoms with van der Waals surface area (Å²) in [5.74, 6) is 0.275. The second-order valence-electron chi connectivity index (χ2n) is 4.56. The van der Waals surface area contributed by atoms with Crippen molar-refractivity contribution in [2.24, 2.45) is 5.92 Å². The Hall–Kier alpha value is -1.46. The molecule has 1 amide bonds. The van der Waals surface area contributed by atoms with Crippen LogP contribution in [-0.4, -0.2) is 22.0 Å². The summed E-state index contributed by atoms with van der Waals surface area (Å²) in [5.41, 5.74) is 1.44. The van der Waals surface area contributed by atoms with Gasteiger partial charge in [-0.2, -0.15) is 0 Å². The number of rotatable bonds is 4. The molecular formula is C13H14ClN3OS. The molecule has 100 valence electrons. The second-order valence-corrected chi connectivity index (χ2v) is 5.75. The fourth-order valence-corrected chi connectivity index (χ4v) is 2.24. The molecule has 0 saturated carbocycles. The lowest BCUT2D eigenvalue weighted by Crippen LogP contribution is -2.27. The van der Waals surface area contributed by atoms with Gasteiger partial charge in [-0.3, -0.25) is 4.79 Å². The number of nitrogens with zero attached hydrogens (tertiary/aromatic N) is 2. The van der Waals surface area contributed by atoms with Crippen molar-refractivity contribution in [2.75, 3.05) is 6.54 Å². The molecule has 19 heavy (non-hydrogen) atoms. The average molecular weight is 296 g/mol. The molecule has 1 aromatic carbocycles. The number of halogens is 1. The second kappa shape index (κ2) is 6.12. The van der Waals surface area contributed by atoms with Crippen molar-refractivity contribution in [3.8, 4) is 11.3 Å². The molecule has 0 aliphatic rings. The zero-order valence-corrected chi connectivity index (χ0v) is 12.3. The number of aromatic nitrogens is 2. The van der Waals surface area contributed by atoms with Crippen molar-refractivity contribution in [1.82, 2.24) is 14.9 Å². The minimum atomic E-state index is -0.131. The van der Waals surface area contributed by atoms with Crippen LogP contribution in [0.4, 0.5) is 0 Å². The first kappa shape index (κ1) is 14.0. The van der Waals surface area contributed by atoms with E-state index in [0.717, 1.165) is 17.1 Å². The summed E-state index contributed by atoms with van der Waals surface area (Å²) < 4.78 is 3.87. The molecule has 2 aromatic rings. The van der Waals surface area contributed by atoms with Gasteiger partial charge in [-0.05, 0) is 29.6 Å². The highest BCUT2D eigenvalue weighted by molar-refractivity contribution is 7.08. The van der Waals surface area contributed by atoms with Gasteiger partial charge in [0.15, 0.2) is 0 Å². The first-order chi connectivity index (χ1) is 9.08. The smallest absolute Gasteiger partial charge is 0.265 e. The van der Waals surface area contributed by atoms with Crippen LogP contribution in [0.1, 0.15) is 23.5 Å². The van der Waals surface area contributed by atoms with Crippen LogP contribution >= 0.6 is 23.1 Å². The Kier molecular flexibility index (Phi) is 4.50. The third kappa shape index (κ3) is 3.52. The van der Waals surface area contributed by atoms with Crippen molar-refractivity contribution < 1.29 is 4.79 Å². The lowest BCUT2D eigenvalue weighted by Gasteiger charge is -2.06. The molecule has 6 heteroatoms. The van der Waals surface area contributed by atoms with Crippen LogP contribution in [0, 0.1) is 5.92 Å². The number of carbonyl (C=O) groups excluding carboxylic acids is 1. The van der Waals surface area contributed by atoms with E-state index in [2.05, 4.69) is 14.9 Å². The Labute approximate surface area is 121 Å². The number of hydrogen-bond donors (Lipinski definition) is 1. The molecule has 0 unspecified atom stereocenters. The number of carbonyl (C=O) groups is 1. The molecule has 0 bridgehead atoms. The van der Waals surface area contributed by atoms with E-state index in [-0.39, 0.29) is 5.91 Å². The Morgan fingerprint density at radius 1 is 1.37 bits per heavy atom. The molecule has 0 atom stereocenters. The van der Waals surface area contributed by atoms with E-state index in [1.54, 1.807) is 12.1 Å². The average Bonchev–Trinajstić information content (AvgIpc) is 2.86. The Balaban J connectivity index is 2.22. The van der Waals surface area contributed by atoms with Crippen LogP contribution in [0.2, 0.25) is 5.02 Å². The molecule has 0 saturated heterocycles. The standard InChI is InChI=1S/C13H14ClN3OS/c1-8(2)7-15-13(18)12-11(16-17-19-12)9-3-5-10(14)6-4-9/h3-6,8H,7H2,1-2H3,(H,15,18). The molecule has 0 spiro atoms. The van der Waals surface area contributed by atoms with Crippen molar-refractivity contribution in [2.45, 2.75) is 13.8 Å². The quantitative estimate of drug-likeness (QED) is 0.942.